The molecule has 5 nitrogen and oxygen atoms in total. The Hall–Kier alpha value is -0.170. The molecule has 124 valence electrons. The summed E-state index contributed by atoms with van der Waals surface area (Å²) in [4.78, 5) is 2.49. The van der Waals surface area contributed by atoms with Crippen LogP contribution in [0.15, 0.2) is 0 Å². The van der Waals surface area contributed by atoms with Gasteiger partial charge in [0.15, 0.2) is 0 Å². The first kappa shape index (κ1) is 17.2. The molecule has 0 aromatic heterocycles. The Labute approximate surface area is 129 Å². The number of hydrogen-bond donors (Lipinski definition) is 0. The third-order valence-corrected chi connectivity index (χ3v) is 6.56. The Morgan fingerprint density at radius 3 is 2.19 bits per heavy atom. The van der Waals surface area contributed by atoms with E-state index in [1.807, 2.05) is 0 Å². The van der Waals surface area contributed by atoms with Crippen LogP contribution >= 0.6 is 0 Å². The van der Waals surface area contributed by atoms with Crippen molar-refractivity contribution in [2.75, 3.05) is 38.5 Å². The van der Waals surface area contributed by atoms with Gasteiger partial charge in [0.25, 0.3) is 0 Å². The zero-order valence-corrected chi connectivity index (χ0v) is 14.4. The second kappa shape index (κ2) is 7.40. The van der Waals surface area contributed by atoms with E-state index in [4.69, 9.17) is 4.74 Å². The highest BCUT2D eigenvalue weighted by Gasteiger charge is 2.28. The van der Waals surface area contributed by atoms with Gasteiger partial charge in [-0.2, -0.15) is 0 Å². The topological polar surface area (TPSA) is 49.9 Å². The van der Waals surface area contributed by atoms with E-state index in [-0.39, 0.29) is 5.75 Å². The molecule has 0 unspecified atom stereocenters. The Morgan fingerprint density at radius 2 is 1.67 bits per heavy atom. The van der Waals surface area contributed by atoms with Gasteiger partial charge in [0, 0.05) is 26.2 Å². The summed E-state index contributed by atoms with van der Waals surface area (Å²) in [5, 5.41) is 0. The maximum Gasteiger partial charge on any atom is 0.213 e. The number of nitrogens with zero attached hydrogens (tertiary/aromatic N) is 2. The van der Waals surface area contributed by atoms with E-state index in [1.165, 1.54) is 6.42 Å². The fourth-order valence-electron chi connectivity index (χ4n) is 3.49. The molecule has 0 aromatic carbocycles. The van der Waals surface area contributed by atoms with Crippen molar-refractivity contribution in [1.82, 2.24) is 9.21 Å². The highest BCUT2D eigenvalue weighted by atomic mass is 32.2. The Kier molecular flexibility index (Phi) is 6.05. The van der Waals surface area contributed by atoms with Crippen molar-refractivity contribution in [1.29, 1.82) is 0 Å². The quantitative estimate of drug-likeness (QED) is 0.772. The summed E-state index contributed by atoms with van der Waals surface area (Å²) in [7, 11) is -2.99. The van der Waals surface area contributed by atoms with Crippen LogP contribution < -0.4 is 0 Å². The van der Waals surface area contributed by atoms with Crippen LogP contribution in [-0.4, -0.2) is 68.3 Å². The summed E-state index contributed by atoms with van der Waals surface area (Å²) in [6.45, 7) is 10.6. The highest BCUT2D eigenvalue weighted by Crippen LogP contribution is 2.23. The molecule has 0 saturated carbocycles. The van der Waals surface area contributed by atoms with Gasteiger partial charge in [-0.25, -0.2) is 12.7 Å². The normalized spacial score (nSPS) is 30.6. The van der Waals surface area contributed by atoms with E-state index in [1.54, 1.807) is 11.2 Å². The lowest BCUT2D eigenvalue weighted by atomic mass is 9.94. The predicted molar refractivity (Wildman–Crippen MR) is 84.8 cm³/mol. The average Bonchev–Trinajstić information content (AvgIpc) is 2.44. The van der Waals surface area contributed by atoms with Gasteiger partial charge in [0.05, 0.1) is 18.0 Å². The summed E-state index contributed by atoms with van der Waals surface area (Å²) >= 11 is 0. The second-order valence-electron chi connectivity index (χ2n) is 6.55. The summed E-state index contributed by atoms with van der Waals surface area (Å²) in [6, 6.07) is 0. The van der Waals surface area contributed by atoms with Gasteiger partial charge in [-0.05, 0) is 52.5 Å². The fraction of sp³-hybridized carbons (Fsp3) is 1.00. The SMILES string of the molecule is CCS(=O)(=O)N1CCC(CCN2C[C@H](C)O[C@@H](C)C2)CC1. The largest absolute Gasteiger partial charge is 0.373 e. The minimum absolute atomic E-state index is 0.223. The van der Waals surface area contributed by atoms with Crippen molar-refractivity contribution in [3.8, 4) is 0 Å². The van der Waals surface area contributed by atoms with Gasteiger partial charge >= 0.3 is 0 Å². The smallest absolute Gasteiger partial charge is 0.213 e. The molecule has 0 N–H and O–H groups in total. The summed E-state index contributed by atoms with van der Waals surface area (Å²) in [6.07, 6.45) is 3.85. The van der Waals surface area contributed by atoms with Crippen molar-refractivity contribution in [2.24, 2.45) is 5.92 Å². The van der Waals surface area contributed by atoms with Crippen molar-refractivity contribution in [3.05, 3.63) is 0 Å². The maximum atomic E-state index is 11.8. The van der Waals surface area contributed by atoms with Crippen LogP contribution in [0, 0.1) is 5.92 Å². The number of rotatable bonds is 5. The Balaban J connectivity index is 1.72. The van der Waals surface area contributed by atoms with Crippen molar-refractivity contribution in [2.45, 2.75) is 52.2 Å². The van der Waals surface area contributed by atoms with Gasteiger partial charge in [0.1, 0.15) is 0 Å². The first-order valence-electron chi connectivity index (χ1n) is 8.26. The molecule has 2 heterocycles. The number of piperidine rings is 1. The number of morpholine rings is 1. The molecule has 0 bridgehead atoms. The molecule has 0 aromatic rings. The Morgan fingerprint density at radius 1 is 1.10 bits per heavy atom. The lowest BCUT2D eigenvalue weighted by Crippen LogP contribution is -2.46. The molecule has 0 aliphatic carbocycles. The van der Waals surface area contributed by atoms with E-state index in [2.05, 4.69) is 18.7 Å². The molecule has 0 radical (unpaired) electrons. The van der Waals surface area contributed by atoms with E-state index in [0.29, 0.717) is 31.2 Å². The third kappa shape index (κ3) is 4.91. The van der Waals surface area contributed by atoms with E-state index >= 15 is 0 Å². The number of hydrogen-bond acceptors (Lipinski definition) is 4. The van der Waals surface area contributed by atoms with Gasteiger partial charge in [-0.1, -0.05) is 0 Å². The average molecular weight is 318 g/mol. The van der Waals surface area contributed by atoms with Crippen molar-refractivity contribution < 1.29 is 13.2 Å². The number of ether oxygens (including phenoxy) is 1. The monoisotopic (exact) mass is 318 g/mol. The molecule has 21 heavy (non-hydrogen) atoms. The fourth-order valence-corrected chi connectivity index (χ4v) is 4.62. The highest BCUT2D eigenvalue weighted by molar-refractivity contribution is 7.89. The summed E-state index contributed by atoms with van der Waals surface area (Å²) < 4.78 is 31.1. The van der Waals surface area contributed by atoms with Gasteiger partial charge < -0.3 is 4.74 Å². The molecule has 2 rings (SSSR count). The first-order chi connectivity index (χ1) is 9.90. The lowest BCUT2D eigenvalue weighted by Gasteiger charge is -2.37. The van der Waals surface area contributed by atoms with Gasteiger partial charge in [-0.3, -0.25) is 4.90 Å². The molecular weight excluding hydrogens is 288 g/mol. The first-order valence-corrected chi connectivity index (χ1v) is 9.87. The van der Waals surface area contributed by atoms with Crippen LogP contribution in [0.2, 0.25) is 0 Å². The summed E-state index contributed by atoms with van der Waals surface area (Å²) in [5.41, 5.74) is 0. The van der Waals surface area contributed by atoms with E-state index < -0.39 is 10.0 Å². The van der Waals surface area contributed by atoms with Crippen molar-refractivity contribution in [3.63, 3.8) is 0 Å². The van der Waals surface area contributed by atoms with Crippen LogP contribution in [0.1, 0.15) is 40.0 Å². The third-order valence-electron chi connectivity index (χ3n) is 4.68. The van der Waals surface area contributed by atoms with Crippen LogP contribution in [0.5, 0.6) is 0 Å². The van der Waals surface area contributed by atoms with Crippen LogP contribution in [0.4, 0.5) is 0 Å². The standard InChI is InChI=1S/C15H30N2O3S/c1-4-21(18,19)17-9-6-15(7-10-17)5-8-16-11-13(2)20-14(3)12-16/h13-15H,4-12H2,1-3H3/t13-,14-/m0/s1. The molecule has 2 saturated heterocycles. The van der Waals surface area contributed by atoms with Gasteiger partial charge in [-0.15, -0.1) is 0 Å². The molecule has 2 aliphatic rings. The van der Waals surface area contributed by atoms with Crippen LogP contribution in [0.25, 0.3) is 0 Å². The lowest BCUT2D eigenvalue weighted by molar-refractivity contribution is -0.0692. The predicted octanol–water partition coefficient (Wildman–Crippen LogP) is 1.55. The molecule has 0 spiro atoms. The molecular formula is C15H30N2O3S. The number of sulfonamides is 1. The van der Waals surface area contributed by atoms with E-state index in [9.17, 15) is 8.42 Å². The molecule has 6 heteroatoms. The molecule has 2 fully saturated rings. The van der Waals surface area contributed by atoms with Crippen LogP contribution in [-0.2, 0) is 14.8 Å². The zero-order chi connectivity index (χ0) is 15.5. The van der Waals surface area contributed by atoms with E-state index in [0.717, 1.165) is 32.5 Å². The Bertz CT molecular complexity index is 409. The maximum absolute atomic E-state index is 11.8. The minimum atomic E-state index is -2.99. The zero-order valence-electron chi connectivity index (χ0n) is 13.6. The van der Waals surface area contributed by atoms with Crippen molar-refractivity contribution >= 4 is 10.0 Å². The summed E-state index contributed by atoms with van der Waals surface area (Å²) in [5.74, 6) is 0.892. The molecule has 0 amide bonds. The van der Waals surface area contributed by atoms with Crippen LogP contribution in [0.3, 0.4) is 0 Å². The minimum Gasteiger partial charge on any atom is -0.373 e. The molecule has 2 aliphatic heterocycles. The molecule has 2 atom stereocenters. The van der Waals surface area contributed by atoms with Gasteiger partial charge in [0.2, 0.25) is 10.0 Å². The second-order valence-corrected chi connectivity index (χ2v) is 8.81.